The van der Waals surface area contributed by atoms with Crippen LogP contribution in [0, 0.1) is 6.92 Å². The number of alkyl halides is 2. The van der Waals surface area contributed by atoms with Gasteiger partial charge in [0.05, 0.1) is 0 Å². The Labute approximate surface area is 93.1 Å². The summed E-state index contributed by atoms with van der Waals surface area (Å²) in [7, 11) is 0. The second-order valence-electron chi connectivity index (χ2n) is 4.70. The summed E-state index contributed by atoms with van der Waals surface area (Å²) in [4.78, 5) is 0. The van der Waals surface area contributed by atoms with E-state index in [1.165, 1.54) is 0 Å². The van der Waals surface area contributed by atoms with Gasteiger partial charge in [-0.25, -0.2) is 8.78 Å². The van der Waals surface area contributed by atoms with Crippen molar-refractivity contribution < 1.29 is 13.9 Å². The second kappa shape index (κ2) is 3.42. The van der Waals surface area contributed by atoms with E-state index in [9.17, 15) is 13.9 Å². The molecule has 88 valence electrons. The fraction of sp³-hybridized carbons (Fsp3) is 0.500. The topological polar surface area (TPSA) is 46.2 Å². The van der Waals surface area contributed by atoms with Crippen LogP contribution in [0.4, 0.5) is 8.78 Å². The van der Waals surface area contributed by atoms with Crippen LogP contribution in [-0.4, -0.2) is 17.6 Å². The van der Waals surface area contributed by atoms with Crippen LogP contribution in [0.1, 0.15) is 24.0 Å². The van der Waals surface area contributed by atoms with Crippen molar-refractivity contribution in [1.29, 1.82) is 0 Å². The molecule has 0 atom stereocenters. The lowest BCUT2D eigenvalue weighted by molar-refractivity contribution is -0.123. The van der Waals surface area contributed by atoms with Crippen LogP contribution in [0.25, 0.3) is 0 Å². The standard InChI is InChI=1S/C12H15F2NO/c1-8-2-3-9(4-10(8)16)11(7-15)5-12(13,14)6-11/h2-4,16H,5-7,15H2,1H3. The fourth-order valence-electron chi connectivity index (χ4n) is 2.34. The zero-order valence-corrected chi connectivity index (χ0v) is 9.13. The van der Waals surface area contributed by atoms with E-state index in [1.807, 2.05) is 0 Å². The van der Waals surface area contributed by atoms with E-state index in [-0.39, 0.29) is 25.1 Å². The largest absolute Gasteiger partial charge is 0.508 e. The van der Waals surface area contributed by atoms with Gasteiger partial charge in [0.15, 0.2) is 0 Å². The monoisotopic (exact) mass is 227 g/mol. The van der Waals surface area contributed by atoms with Crippen LogP contribution < -0.4 is 5.73 Å². The van der Waals surface area contributed by atoms with Crippen LogP contribution in [0.2, 0.25) is 0 Å². The van der Waals surface area contributed by atoms with Crippen LogP contribution in [0.15, 0.2) is 18.2 Å². The Morgan fingerprint density at radius 2 is 2.00 bits per heavy atom. The van der Waals surface area contributed by atoms with Gasteiger partial charge in [0.1, 0.15) is 5.75 Å². The number of aromatic hydroxyl groups is 1. The lowest BCUT2D eigenvalue weighted by atomic mass is 9.62. The molecule has 1 aliphatic carbocycles. The van der Waals surface area contributed by atoms with E-state index in [2.05, 4.69) is 0 Å². The number of nitrogens with two attached hydrogens (primary N) is 1. The smallest absolute Gasteiger partial charge is 0.250 e. The van der Waals surface area contributed by atoms with Gasteiger partial charge < -0.3 is 10.8 Å². The minimum Gasteiger partial charge on any atom is -0.508 e. The molecule has 0 bridgehead atoms. The first-order valence-corrected chi connectivity index (χ1v) is 5.27. The highest BCUT2D eigenvalue weighted by molar-refractivity contribution is 5.41. The molecule has 0 saturated heterocycles. The summed E-state index contributed by atoms with van der Waals surface area (Å²) < 4.78 is 25.9. The lowest BCUT2D eigenvalue weighted by Crippen LogP contribution is -2.53. The SMILES string of the molecule is Cc1ccc(C2(CN)CC(F)(F)C2)cc1O. The highest BCUT2D eigenvalue weighted by atomic mass is 19.3. The maximum Gasteiger partial charge on any atom is 0.250 e. The Balaban J connectivity index is 2.32. The molecule has 0 amide bonds. The molecule has 0 aromatic heterocycles. The Morgan fingerprint density at radius 3 is 2.44 bits per heavy atom. The normalized spacial score (nSPS) is 21.5. The Morgan fingerprint density at radius 1 is 1.38 bits per heavy atom. The number of hydrogen-bond donors (Lipinski definition) is 2. The van der Waals surface area contributed by atoms with E-state index in [0.717, 1.165) is 5.56 Å². The number of hydrogen-bond acceptors (Lipinski definition) is 2. The molecule has 2 nitrogen and oxygen atoms in total. The van der Waals surface area contributed by atoms with Gasteiger partial charge in [-0.05, 0) is 24.1 Å². The molecule has 0 aliphatic heterocycles. The third-order valence-electron chi connectivity index (χ3n) is 3.41. The molecule has 1 saturated carbocycles. The lowest BCUT2D eigenvalue weighted by Gasteiger charge is -2.47. The number of halogens is 2. The Hall–Kier alpha value is -1.16. The molecule has 2 rings (SSSR count). The summed E-state index contributed by atoms with van der Waals surface area (Å²) in [5.74, 6) is -2.47. The predicted molar refractivity (Wildman–Crippen MR) is 57.8 cm³/mol. The fourth-order valence-corrected chi connectivity index (χ4v) is 2.34. The summed E-state index contributed by atoms with van der Waals surface area (Å²) >= 11 is 0. The van der Waals surface area contributed by atoms with Gasteiger partial charge in [0.2, 0.25) is 5.92 Å². The Kier molecular flexibility index (Phi) is 2.42. The van der Waals surface area contributed by atoms with Gasteiger partial charge in [0.25, 0.3) is 0 Å². The Bertz CT molecular complexity index is 409. The van der Waals surface area contributed by atoms with E-state index < -0.39 is 11.3 Å². The summed E-state index contributed by atoms with van der Waals surface area (Å²) in [6, 6.07) is 5.06. The van der Waals surface area contributed by atoms with Gasteiger partial charge in [0, 0.05) is 24.8 Å². The molecule has 1 aromatic carbocycles. The molecular weight excluding hydrogens is 212 g/mol. The molecule has 0 spiro atoms. The van der Waals surface area contributed by atoms with Crippen LogP contribution in [-0.2, 0) is 5.41 Å². The van der Waals surface area contributed by atoms with E-state index in [0.29, 0.717) is 5.56 Å². The van der Waals surface area contributed by atoms with Gasteiger partial charge in [-0.2, -0.15) is 0 Å². The quantitative estimate of drug-likeness (QED) is 0.814. The van der Waals surface area contributed by atoms with Crippen molar-refractivity contribution in [3.8, 4) is 5.75 Å². The molecule has 0 radical (unpaired) electrons. The van der Waals surface area contributed by atoms with Crippen molar-refractivity contribution in [2.75, 3.05) is 6.54 Å². The van der Waals surface area contributed by atoms with Gasteiger partial charge in [-0.15, -0.1) is 0 Å². The third-order valence-corrected chi connectivity index (χ3v) is 3.41. The van der Waals surface area contributed by atoms with Gasteiger partial charge >= 0.3 is 0 Å². The van der Waals surface area contributed by atoms with Crippen molar-refractivity contribution in [3.63, 3.8) is 0 Å². The highest BCUT2D eigenvalue weighted by Crippen LogP contribution is 2.53. The third kappa shape index (κ3) is 1.67. The number of benzene rings is 1. The second-order valence-corrected chi connectivity index (χ2v) is 4.70. The number of phenolic OH excluding ortho intramolecular Hbond substituents is 1. The molecular formula is C12H15F2NO. The van der Waals surface area contributed by atoms with Crippen molar-refractivity contribution in [3.05, 3.63) is 29.3 Å². The number of rotatable bonds is 2. The minimum absolute atomic E-state index is 0.139. The van der Waals surface area contributed by atoms with Crippen LogP contribution in [0.5, 0.6) is 5.75 Å². The van der Waals surface area contributed by atoms with Crippen molar-refractivity contribution in [1.82, 2.24) is 0 Å². The van der Waals surface area contributed by atoms with E-state index >= 15 is 0 Å². The minimum atomic E-state index is -2.61. The average molecular weight is 227 g/mol. The average Bonchev–Trinajstić information content (AvgIpc) is 2.18. The first-order valence-electron chi connectivity index (χ1n) is 5.27. The first kappa shape index (κ1) is 11.3. The van der Waals surface area contributed by atoms with E-state index in [1.54, 1.807) is 25.1 Å². The molecule has 0 unspecified atom stereocenters. The van der Waals surface area contributed by atoms with Gasteiger partial charge in [-0.3, -0.25) is 0 Å². The summed E-state index contributed by atoms with van der Waals surface area (Å²) in [6.07, 6.45) is -0.446. The predicted octanol–water partition coefficient (Wildman–Crippen LogP) is 2.33. The maximum atomic E-state index is 13.0. The zero-order chi connectivity index (χ0) is 12.0. The molecule has 4 heteroatoms. The maximum absolute atomic E-state index is 13.0. The van der Waals surface area contributed by atoms with Gasteiger partial charge in [-0.1, -0.05) is 12.1 Å². The first-order chi connectivity index (χ1) is 7.38. The molecule has 0 heterocycles. The van der Waals surface area contributed by atoms with Crippen molar-refractivity contribution in [2.24, 2.45) is 5.73 Å². The van der Waals surface area contributed by atoms with Crippen molar-refractivity contribution in [2.45, 2.75) is 31.1 Å². The highest BCUT2D eigenvalue weighted by Gasteiger charge is 2.56. The van der Waals surface area contributed by atoms with Crippen molar-refractivity contribution >= 4 is 0 Å². The number of phenols is 1. The molecule has 1 fully saturated rings. The van der Waals surface area contributed by atoms with Crippen LogP contribution in [0.3, 0.4) is 0 Å². The zero-order valence-electron chi connectivity index (χ0n) is 9.13. The number of aryl methyl sites for hydroxylation is 1. The summed E-state index contributed by atoms with van der Waals surface area (Å²) in [5, 5.41) is 9.58. The summed E-state index contributed by atoms with van der Waals surface area (Å²) in [6.45, 7) is 1.95. The summed E-state index contributed by atoms with van der Waals surface area (Å²) in [5.41, 5.74) is 6.39. The molecule has 1 aliphatic rings. The van der Waals surface area contributed by atoms with Crippen LogP contribution >= 0.6 is 0 Å². The molecule has 16 heavy (non-hydrogen) atoms. The molecule has 1 aromatic rings. The van der Waals surface area contributed by atoms with E-state index in [4.69, 9.17) is 5.73 Å². The molecule has 3 N–H and O–H groups in total.